The van der Waals surface area contributed by atoms with Gasteiger partial charge in [0.1, 0.15) is 5.75 Å². The monoisotopic (exact) mass is 591 g/mol. The number of amides is 1. The molecule has 1 amide bonds. The van der Waals surface area contributed by atoms with Crippen LogP contribution in [0.2, 0.25) is 10.0 Å². The number of carboxylic acids is 1. The quantitative estimate of drug-likeness (QED) is 0.124. The van der Waals surface area contributed by atoms with Crippen molar-refractivity contribution in [2.75, 3.05) is 5.32 Å². The van der Waals surface area contributed by atoms with Crippen molar-refractivity contribution >= 4 is 63.2 Å². The summed E-state index contributed by atoms with van der Waals surface area (Å²) < 4.78 is 0. The molecule has 2 aromatic carbocycles. The Kier molecular flexibility index (Phi) is 10.6. The van der Waals surface area contributed by atoms with E-state index >= 15 is 0 Å². The van der Waals surface area contributed by atoms with E-state index in [4.69, 9.17) is 34.7 Å². The first kappa shape index (κ1) is 30.2. The Morgan fingerprint density at radius 3 is 2.41 bits per heavy atom. The number of thiazole rings is 1. The van der Waals surface area contributed by atoms with Crippen LogP contribution in [0.1, 0.15) is 60.6 Å². The van der Waals surface area contributed by atoms with Gasteiger partial charge in [-0.3, -0.25) is 9.59 Å². The Hall–Kier alpha value is -3.34. The second-order valence-electron chi connectivity index (χ2n) is 9.23. The Bertz CT molecular complexity index is 1350. The number of para-hydroxylation sites is 1. The van der Waals surface area contributed by atoms with E-state index in [-0.39, 0.29) is 52.0 Å². The highest BCUT2D eigenvalue weighted by Crippen LogP contribution is 2.43. The smallest absolute Gasteiger partial charge is 0.303 e. The SMILES string of the molecule is CCC(CC(CC(CC(=O)O)c1cc(Cl)cc(Cl)c1O)C(=O)Nc1ccccc1)c1sc(N=C(N)N)nc1C. The lowest BCUT2D eigenvalue weighted by Gasteiger charge is -2.26. The zero-order chi connectivity index (χ0) is 28.7. The molecule has 39 heavy (non-hydrogen) atoms. The third-order valence-electron chi connectivity index (χ3n) is 6.38. The number of phenolic OH excluding ortho intramolecular Hbond substituents is 1. The Morgan fingerprint density at radius 1 is 1.13 bits per heavy atom. The van der Waals surface area contributed by atoms with Crippen molar-refractivity contribution in [3.05, 3.63) is 68.6 Å². The van der Waals surface area contributed by atoms with E-state index < -0.39 is 17.8 Å². The van der Waals surface area contributed by atoms with E-state index in [2.05, 4.69) is 15.3 Å². The highest BCUT2D eigenvalue weighted by atomic mass is 35.5. The summed E-state index contributed by atoms with van der Waals surface area (Å²) in [5.74, 6) is -3.15. The number of rotatable bonds is 12. The molecule has 1 aromatic heterocycles. The number of carbonyl (C=O) groups is 2. The summed E-state index contributed by atoms with van der Waals surface area (Å²) in [6.45, 7) is 3.87. The fourth-order valence-electron chi connectivity index (χ4n) is 4.58. The van der Waals surface area contributed by atoms with Gasteiger partial charge in [0.15, 0.2) is 5.96 Å². The van der Waals surface area contributed by atoms with Gasteiger partial charge in [0, 0.05) is 27.1 Å². The number of hydrogen-bond acceptors (Lipinski definition) is 6. The topological polar surface area (TPSA) is 164 Å². The molecule has 0 fully saturated rings. The lowest BCUT2D eigenvalue weighted by molar-refractivity contribution is -0.137. The van der Waals surface area contributed by atoms with Crippen LogP contribution in [-0.4, -0.2) is 33.0 Å². The molecule has 0 aliphatic carbocycles. The highest BCUT2D eigenvalue weighted by molar-refractivity contribution is 7.15. The zero-order valence-corrected chi connectivity index (χ0v) is 23.9. The van der Waals surface area contributed by atoms with Crippen molar-refractivity contribution in [3.8, 4) is 5.75 Å². The maximum Gasteiger partial charge on any atom is 0.303 e. The number of benzene rings is 2. The van der Waals surface area contributed by atoms with Gasteiger partial charge in [-0.1, -0.05) is 59.7 Å². The summed E-state index contributed by atoms with van der Waals surface area (Å²) in [6.07, 6.45) is 0.885. The lowest BCUT2D eigenvalue weighted by atomic mass is 9.80. The van der Waals surface area contributed by atoms with Gasteiger partial charge in [-0.2, -0.15) is 4.99 Å². The van der Waals surface area contributed by atoms with Crippen LogP contribution in [0.3, 0.4) is 0 Å². The number of halogens is 2. The molecule has 0 bridgehead atoms. The van der Waals surface area contributed by atoms with Crippen molar-refractivity contribution in [2.45, 2.75) is 51.4 Å². The zero-order valence-electron chi connectivity index (χ0n) is 21.5. The summed E-state index contributed by atoms with van der Waals surface area (Å²) in [6, 6.07) is 11.9. The number of aryl methyl sites for hydroxylation is 1. The normalized spacial score (nSPS) is 13.3. The van der Waals surface area contributed by atoms with Gasteiger partial charge in [0.2, 0.25) is 11.0 Å². The van der Waals surface area contributed by atoms with Crippen molar-refractivity contribution in [1.29, 1.82) is 0 Å². The number of aromatic hydroxyl groups is 1. The van der Waals surface area contributed by atoms with Crippen LogP contribution in [-0.2, 0) is 9.59 Å². The molecule has 0 aliphatic rings. The largest absolute Gasteiger partial charge is 0.506 e. The number of aliphatic imine (C=N–C) groups is 1. The van der Waals surface area contributed by atoms with Crippen LogP contribution in [0.25, 0.3) is 0 Å². The Morgan fingerprint density at radius 2 is 1.79 bits per heavy atom. The first-order chi connectivity index (χ1) is 18.5. The molecular formula is C27H31Cl2N5O4S. The molecule has 0 spiro atoms. The number of guanidine groups is 1. The number of nitrogens with one attached hydrogen (secondary N) is 1. The number of carbonyl (C=O) groups excluding carboxylic acids is 1. The van der Waals surface area contributed by atoms with Gasteiger partial charge in [-0.25, -0.2) is 4.98 Å². The predicted molar refractivity (Wildman–Crippen MR) is 156 cm³/mol. The standard InChI is InChI=1S/C27H31Cl2N5O4S/c1-3-15(24-14(2)32-27(39-24)34-26(30)31)9-17(25(38)33-19-7-5-4-6-8-19)10-16(11-22(35)36)20-12-18(28)13-21(29)23(20)37/h4-8,12-13,15-17,37H,3,9-11H2,1-2H3,(H,33,38)(H,35,36)(H4,30,31,32,34). The molecule has 208 valence electrons. The minimum absolute atomic E-state index is 0.0113. The minimum atomic E-state index is -1.08. The molecule has 7 N–H and O–H groups in total. The van der Waals surface area contributed by atoms with Crippen molar-refractivity contribution < 1.29 is 19.8 Å². The number of phenols is 1. The van der Waals surface area contributed by atoms with E-state index in [9.17, 15) is 19.8 Å². The van der Waals surface area contributed by atoms with E-state index in [0.717, 1.165) is 10.6 Å². The van der Waals surface area contributed by atoms with Crippen LogP contribution in [0.4, 0.5) is 10.8 Å². The van der Waals surface area contributed by atoms with Gasteiger partial charge in [0.05, 0.1) is 17.1 Å². The third kappa shape index (κ3) is 8.32. The molecule has 3 atom stereocenters. The average molecular weight is 593 g/mol. The van der Waals surface area contributed by atoms with Crippen LogP contribution in [0.5, 0.6) is 5.75 Å². The number of hydrogen-bond donors (Lipinski definition) is 5. The molecule has 0 saturated heterocycles. The first-order valence-corrected chi connectivity index (χ1v) is 13.9. The molecule has 0 aliphatic heterocycles. The fourth-order valence-corrected chi connectivity index (χ4v) is 6.24. The van der Waals surface area contributed by atoms with Crippen LogP contribution >= 0.6 is 34.5 Å². The number of nitrogens with zero attached hydrogens (tertiary/aromatic N) is 2. The van der Waals surface area contributed by atoms with E-state index in [1.54, 1.807) is 12.1 Å². The van der Waals surface area contributed by atoms with Gasteiger partial charge in [-0.15, -0.1) is 0 Å². The minimum Gasteiger partial charge on any atom is -0.506 e. The number of aliphatic carboxylic acids is 1. The number of aromatic nitrogens is 1. The van der Waals surface area contributed by atoms with Gasteiger partial charge in [0.25, 0.3) is 0 Å². The Labute approximate surface area is 240 Å². The number of carboxylic acid groups (broad SMARTS) is 1. The van der Waals surface area contributed by atoms with Crippen LogP contribution in [0, 0.1) is 12.8 Å². The fraction of sp³-hybridized carbons (Fsp3) is 0.333. The molecular weight excluding hydrogens is 561 g/mol. The third-order valence-corrected chi connectivity index (χ3v) is 8.10. The predicted octanol–water partition coefficient (Wildman–Crippen LogP) is 6.16. The van der Waals surface area contributed by atoms with E-state index in [1.807, 2.05) is 32.0 Å². The maximum atomic E-state index is 13.7. The van der Waals surface area contributed by atoms with E-state index in [1.165, 1.54) is 23.5 Å². The summed E-state index contributed by atoms with van der Waals surface area (Å²) in [4.78, 5) is 35.0. The summed E-state index contributed by atoms with van der Waals surface area (Å²) in [5, 5.41) is 24.0. The second kappa shape index (κ2) is 13.6. The number of anilines is 1. The molecule has 3 aromatic rings. The van der Waals surface area contributed by atoms with Crippen LogP contribution in [0.15, 0.2) is 47.5 Å². The second-order valence-corrected chi connectivity index (χ2v) is 11.1. The molecule has 3 unspecified atom stereocenters. The van der Waals surface area contributed by atoms with Crippen molar-refractivity contribution in [1.82, 2.24) is 4.98 Å². The molecule has 0 radical (unpaired) electrons. The molecule has 9 nitrogen and oxygen atoms in total. The summed E-state index contributed by atoms with van der Waals surface area (Å²) in [7, 11) is 0. The Balaban J connectivity index is 2.00. The maximum absolute atomic E-state index is 13.7. The van der Waals surface area contributed by atoms with Crippen molar-refractivity contribution in [3.63, 3.8) is 0 Å². The molecule has 12 heteroatoms. The number of nitrogens with two attached hydrogens (primary N) is 2. The molecule has 0 saturated carbocycles. The van der Waals surface area contributed by atoms with E-state index in [0.29, 0.717) is 23.7 Å². The first-order valence-electron chi connectivity index (χ1n) is 12.3. The summed E-state index contributed by atoms with van der Waals surface area (Å²) >= 11 is 13.7. The molecule has 1 heterocycles. The highest BCUT2D eigenvalue weighted by Gasteiger charge is 2.31. The summed E-state index contributed by atoms with van der Waals surface area (Å²) in [5.41, 5.74) is 12.7. The van der Waals surface area contributed by atoms with Crippen LogP contribution < -0.4 is 16.8 Å². The lowest BCUT2D eigenvalue weighted by Crippen LogP contribution is -2.27. The van der Waals surface area contributed by atoms with Gasteiger partial charge in [-0.05, 0) is 62.3 Å². The van der Waals surface area contributed by atoms with Gasteiger partial charge >= 0.3 is 5.97 Å². The van der Waals surface area contributed by atoms with Crippen molar-refractivity contribution in [2.24, 2.45) is 22.4 Å². The van der Waals surface area contributed by atoms with Gasteiger partial charge < -0.3 is 27.0 Å². The average Bonchev–Trinajstić information content (AvgIpc) is 3.22. The molecule has 3 rings (SSSR count).